The Morgan fingerprint density at radius 1 is 1.18 bits per heavy atom. The first-order valence-electron chi connectivity index (χ1n) is 7.02. The molecule has 22 heavy (non-hydrogen) atoms. The van der Waals surface area contributed by atoms with Gasteiger partial charge in [0, 0.05) is 10.9 Å². The maximum absolute atomic E-state index is 5.87. The van der Waals surface area contributed by atoms with Crippen molar-refractivity contribution in [2.45, 2.75) is 25.3 Å². The van der Waals surface area contributed by atoms with E-state index in [1.54, 1.807) is 4.68 Å². The Bertz CT molecular complexity index is 777. The molecule has 1 aliphatic rings. The van der Waals surface area contributed by atoms with Gasteiger partial charge in [-0.1, -0.05) is 21.9 Å². The summed E-state index contributed by atoms with van der Waals surface area (Å²) >= 11 is 5.87. The summed E-state index contributed by atoms with van der Waals surface area (Å²) in [5.74, 6) is 1.17. The number of nitrogens with one attached hydrogen (secondary N) is 1. The molecule has 0 aliphatic heterocycles. The van der Waals surface area contributed by atoms with Crippen LogP contribution in [0.4, 0.5) is 6.01 Å². The Balaban J connectivity index is 1.41. The van der Waals surface area contributed by atoms with E-state index >= 15 is 0 Å². The highest BCUT2D eigenvalue weighted by Gasteiger charge is 2.29. The van der Waals surface area contributed by atoms with Gasteiger partial charge in [0.15, 0.2) is 0 Å². The lowest BCUT2D eigenvalue weighted by molar-refractivity contribution is 0.506. The quantitative estimate of drug-likeness (QED) is 0.779. The Kier molecular flexibility index (Phi) is 3.27. The molecule has 0 saturated heterocycles. The Morgan fingerprint density at radius 3 is 2.77 bits per heavy atom. The summed E-state index contributed by atoms with van der Waals surface area (Å²) in [6, 6.07) is 7.81. The highest BCUT2D eigenvalue weighted by molar-refractivity contribution is 6.30. The maximum atomic E-state index is 5.87. The standard InChI is InChI=1S/C14H13ClN6O/c15-10-3-5-12(6-4-10)21-8-11(17-20-21)7-16-14-19-18-13(22-14)9-1-2-9/h3-6,8-9H,1-2,7H2,(H,16,19). The third-order valence-electron chi connectivity index (χ3n) is 3.42. The molecule has 0 unspecified atom stereocenters. The fourth-order valence-electron chi connectivity index (χ4n) is 2.07. The SMILES string of the molecule is Clc1ccc(-n2cc(CNc3nnc(C4CC4)o3)nn2)cc1. The van der Waals surface area contributed by atoms with Crippen LogP contribution in [0, 0.1) is 0 Å². The average molecular weight is 317 g/mol. The van der Waals surface area contributed by atoms with E-state index in [4.69, 9.17) is 16.0 Å². The molecule has 0 atom stereocenters. The molecule has 2 heterocycles. The van der Waals surface area contributed by atoms with Crippen molar-refractivity contribution in [3.8, 4) is 5.69 Å². The van der Waals surface area contributed by atoms with Gasteiger partial charge >= 0.3 is 6.01 Å². The summed E-state index contributed by atoms with van der Waals surface area (Å²) in [7, 11) is 0. The molecule has 1 aromatic carbocycles. The van der Waals surface area contributed by atoms with Gasteiger partial charge in [-0.15, -0.1) is 10.2 Å². The number of benzene rings is 1. The fraction of sp³-hybridized carbons (Fsp3) is 0.286. The summed E-state index contributed by atoms with van der Waals surface area (Å²) in [6.45, 7) is 0.472. The number of aromatic nitrogens is 5. The highest BCUT2D eigenvalue weighted by atomic mass is 35.5. The van der Waals surface area contributed by atoms with Crippen LogP contribution in [0.1, 0.15) is 30.3 Å². The zero-order valence-corrected chi connectivity index (χ0v) is 12.4. The molecule has 0 spiro atoms. The van der Waals surface area contributed by atoms with Crippen LogP contribution in [0.3, 0.4) is 0 Å². The minimum absolute atomic E-state index is 0.419. The molecule has 8 heteroatoms. The molecule has 0 amide bonds. The second kappa shape index (κ2) is 5.42. The van der Waals surface area contributed by atoms with Crippen LogP contribution < -0.4 is 5.32 Å². The minimum atomic E-state index is 0.419. The van der Waals surface area contributed by atoms with Crippen molar-refractivity contribution < 1.29 is 4.42 Å². The molecule has 2 aromatic heterocycles. The molecule has 1 aliphatic carbocycles. The van der Waals surface area contributed by atoms with Gasteiger partial charge in [-0.3, -0.25) is 0 Å². The first-order valence-corrected chi connectivity index (χ1v) is 7.40. The molecule has 1 N–H and O–H groups in total. The molecule has 1 fully saturated rings. The third-order valence-corrected chi connectivity index (χ3v) is 3.67. The third kappa shape index (κ3) is 2.80. The monoisotopic (exact) mass is 316 g/mol. The topological polar surface area (TPSA) is 81.7 Å². The lowest BCUT2D eigenvalue weighted by atomic mass is 10.3. The molecule has 4 rings (SSSR count). The van der Waals surface area contributed by atoms with E-state index in [9.17, 15) is 0 Å². The van der Waals surface area contributed by atoms with Gasteiger partial charge in [-0.2, -0.15) is 0 Å². The first kappa shape index (κ1) is 13.3. The van der Waals surface area contributed by atoms with E-state index in [2.05, 4.69) is 25.8 Å². The van der Waals surface area contributed by atoms with Crippen molar-refractivity contribution in [1.82, 2.24) is 25.2 Å². The average Bonchev–Trinajstić information content (AvgIpc) is 3.09. The van der Waals surface area contributed by atoms with Crippen LogP contribution in [-0.4, -0.2) is 25.2 Å². The summed E-state index contributed by atoms with van der Waals surface area (Å²) in [4.78, 5) is 0. The molecular weight excluding hydrogens is 304 g/mol. The predicted molar refractivity (Wildman–Crippen MR) is 80.0 cm³/mol. The highest BCUT2D eigenvalue weighted by Crippen LogP contribution is 2.39. The Hall–Kier alpha value is -2.41. The van der Waals surface area contributed by atoms with Crippen LogP contribution in [0.25, 0.3) is 5.69 Å². The summed E-state index contributed by atoms with van der Waals surface area (Å²) < 4.78 is 7.22. The number of hydrogen-bond acceptors (Lipinski definition) is 6. The predicted octanol–water partition coefficient (Wildman–Crippen LogP) is 2.79. The van der Waals surface area contributed by atoms with Gasteiger partial charge in [-0.05, 0) is 37.1 Å². The van der Waals surface area contributed by atoms with Gasteiger partial charge in [0.1, 0.15) is 5.69 Å². The van der Waals surface area contributed by atoms with Crippen LogP contribution in [0.2, 0.25) is 5.02 Å². The smallest absolute Gasteiger partial charge is 0.315 e. The second-order valence-corrected chi connectivity index (χ2v) is 5.64. The second-order valence-electron chi connectivity index (χ2n) is 5.20. The molecule has 3 aromatic rings. The molecule has 7 nitrogen and oxygen atoms in total. The van der Waals surface area contributed by atoms with Gasteiger partial charge in [-0.25, -0.2) is 4.68 Å². The molecule has 112 valence electrons. The van der Waals surface area contributed by atoms with Crippen molar-refractivity contribution in [3.63, 3.8) is 0 Å². The fourth-order valence-corrected chi connectivity index (χ4v) is 2.19. The Labute approximate surface area is 131 Å². The molecule has 1 saturated carbocycles. The van der Waals surface area contributed by atoms with Crippen LogP contribution >= 0.6 is 11.6 Å². The minimum Gasteiger partial charge on any atom is -0.408 e. The largest absolute Gasteiger partial charge is 0.408 e. The number of anilines is 1. The van der Waals surface area contributed by atoms with Gasteiger partial charge in [0.2, 0.25) is 5.89 Å². The van der Waals surface area contributed by atoms with Gasteiger partial charge < -0.3 is 9.73 Å². The van der Waals surface area contributed by atoms with E-state index in [0.29, 0.717) is 29.4 Å². The van der Waals surface area contributed by atoms with Crippen molar-refractivity contribution in [2.75, 3.05) is 5.32 Å². The van der Waals surface area contributed by atoms with Crippen molar-refractivity contribution >= 4 is 17.6 Å². The maximum Gasteiger partial charge on any atom is 0.315 e. The number of nitrogens with zero attached hydrogens (tertiary/aromatic N) is 5. The van der Waals surface area contributed by atoms with E-state index < -0.39 is 0 Å². The van der Waals surface area contributed by atoms with Crippen LogP contribution in [-0.2, 0) is 6.54 Å². The van der Waals surface area contributed by atoms with Crippen LogP contribution in [0.5, 0.6) is 0 Å². The summed E-state index contributed by atoms with van der Waals surface area (Å²) in [5, 5.41) is 19.9. The molecular formula is C14H13ClN6O. The lowest BCUT2D eigenvalue weighted by Crippen LogP contribution is -1.99. The number of halogens is 1. The van der Waals surface area contributed by atoms with Crippen LogP contribution in [0.15, 0.2) is 34.9 Å². The number of hydrogen-bond donors (Lipinski definition) is 1. The van der Waals surface area contributed by atoms with Gasteiger partial charge in [0.25, 0.3) is 0 Å². The first-order chi connectivity index (χ1) is 10.8. The molecule has 0 bridgehead atoms. The van der Waals surface area contributed by atoms with E-state index in [1.807, 2.05) is 30.5 Å². The van der Waals surface area contributed by atoms with Crippen molar-refractivity contribution in [1.29, 1.82) is 0 Å². The van der Waals surface area contributed by atoms with E-state index in [-0.39, 0.29) is 0 Å². The zero-order valence-electron chi connectivity index (χ0n) is 11.6. The summed E-state index contributed by atoms with van der Waals surface area (Å²) in [6.07, 6.45) is 4.11. The van der Waals surface area contributed by atoms with Gasteiger partial charge in [0.05, 0.1) is 18.4 Å². The van der Waals surface area contributed by atoms with Crippen molar-refractivity contribution in [3.05, 3.63) is 47.1 Å². The van der Waals surface area contributed by atoms with E-state index in [0.717, 1.165) is 24.2 Å². The van der Waals surface area contributed by atoms with Crippen molar-refractivity contribution in [2.24, 2.45) is 0 Å². The lowest BCUT2D eigenvalue weighted by Gasteiger charge is -1.99. The summed E-state index contributed by atoms with van der Waals surface area (Å²) in [5.41, 5.74) is 1.68. The van der Waals surface area contributed by atoms with E-state index in [1.165, 1.54) is 0 Å². The number of rotatable bonds is 5. The zero-order chi connectivity index (χ0) is 14.9. The Morgan fingerprint density at radius 2 is 2.00 bits per heavy atom. The normalized spacial score (nSPS) is 14.2. The molecule has 0 radical (unpaired) electrons.